The second-order valence-electron chi connectivity index (χ2n) is 6.19. The van der Waals surface area contributed by atoms with E-state index in [9.17, 15) is 14.4 Å². The summed E-state index contributed by atoms with van der Waals surface area (Å²) in [6.45, 7) is 2.28. The Balaban J connectivity index is 1.80. The highest BCUT2D eigenvalue weighted by Gasteiger charge is 2.35. The van der Waals surface area contributed by atoms with Crippen molar-refractivity contribution in [3.63, 3.8) is 0 Å². The van der Waals surface area contributed by atoms with Crippen LogP contribution in [0, 0.1) is 0 Å². The summed E-state index contributed by atoms with van der Waals surface area (Å²) in [4.78, 5) is 42.4. The van der Waals surface area contributed by atoms with Crippen molar-refractivity contribution in [3.05, 3.63) is 59.1 Å². The van der Waals surface area contributed by atoms with Crippen LogP contribution in [0.15, 0.2) is 53.5 Å². The number of hydrogen-bond donors (Lipinski definition) is 2. The third kappa shape index (κ3) is 5.16. The molecule has 150 valence electrons. The lowest BCUT2D eigenvalue weighted by Gasteiger charge is -2.30. The fourth-order valence-corrected chi connectivity index (χ4v) is 4.02. The van der Waals surface area contributed by atoms with E-state index in [1.165, 1.54) is 28.8 Å². The minimum Gasteiger partial charge on any atom is -0.478 e. The van der Waals surface area contributed by atoms with Gasteiger partial charge in [0.2, 0.25) is 11.8 Å². The molecule has 9 heteroatoms. The van der Waals surface area contributed by atoms with Gasteiger partial charge in [0.25, 0.3) is 0 Å². The van der Waals surface area contributed by atoms with Crippen molar-refractivity contribution < 1.29 is 19.5 Å². The number of halogens is 1. The van der Waals surface area contributed by atoms with E-state index in [4.69, 9.17) is 16.7 Å². The second kappa shape index (κ2) is 9.11. The van der Waals surface area contributed by atoms with Gasteiger partial charge in [0.15, 0.2) is 5.17 Å². The lowest BCUT2D eigenvalue weighted by molar-refractivity contribution is -0.129. The summed E-state index contributed by atoms with van der Waals surface area (Å²) < 4.78 is 0. The van der Waals surface area contributed by atoms with E-state index in [2.05, 4.69) is 10.3 Å². The molecule has 2 N–H and O–H groups in total. The number of benzene rings is 2. The molecule has 7 nitrogen and oxygen atoms in total. The molecule has 0 saturated carbocycles. The summed E-state index contributed by atoms with van der Waals surface area (Å²) in [6, 6.07) is 12.8. The summed E-state index contributed by atoms with van der Waals surface area (Å²) in [5.74, 6) is -1.66. The Morgan fingerprint density at radius 1 is 1.28 bits per heavy atom. The summed E-state index contributed by atoms with van der Waals surface area (Å²) in [5, 5.41) is 12.1. The number of carboxylic acid groups (broad SMARTS) is 1. The molecule has 1 saturated heterocycles. The lowest BCUT2D eigenvalue weighted by Crippen LogP contribution is -2.45. The van der Waals surface area contributed by atoms with E-state index in [1.807, 2.05) is 6.92 Å². The third-order valence-electron chi connectivity index (χ3n) is 4.18. The Morgan fingerprint density at radius 3 is 2.66 bits per heavy atom. The molecule has 0 radical (unpaired) electrons. The van der Waals surface area contributed by atoms with Gasteiger partial charge in [0.05, 0.1) is 11.3 Å². The van der Waals surface area contributed by atoms with Gasteiger partial charge >= 0.3 is 5.97 Å². The number of aromatic carboxylic acids is 1. The molecule has 2 aromatic rings. The van der Waals surface area contributed by atoms with E-state index >= 15 is 0 Å². The number of amides is 2. The van der Waals surface area contributed by atoms with Gasteiger partial charge in [-0.15, -0.1) is 0 Å². The Kier molecular flexibility index (Phi) is 6.56. The number of carbonyl (C=O) groups is 3. The molecule has 1 atom stereocenters. The summed E-state index contributed by atoms with van der Waals surface area (Å²) >= 11 is 7.10. The fraction of sp³-hybridized carbons (Fsp3) is 0.200. The van der Waals surface area contributed by atoms with Crippen molar-refractivity contribution >= 4 is 57.7 Å². The molecule has 1 fully saturated rings. The molecular weight excluding hydrogens is 414 g/mol. The number of nitrogens with zero attached hydrogens (tertiary/aromatic N) is 2. The molecule has 1 heterocycles. The molecule has 2 amide bonds. The maximum Gasteiger partial charge on any atom is 0.335 e. The van der Waals surface area contributed by atoms with Crippen LogP contribution in [0.25, 0.3) is 0 Å². The van der Waals surface area contributed by atoms with Crippen LogP contribution in [0.3, 0.4) is 0 Å². The van der Waals surface area contributed by atoms with E-state index in [-0.39, 0.29) is 23.8 Å². The highest BCUT2D eigenvalue weighted by Crippen LogP contribution is 2.30. The number of aliphatic imine (C=N–C) groups is 1. The van der Waals surface area contributed by atoms with Crippen LogP contribution >= 0.6 is 23.4 Å². The first kappa shape index (κ1) is 20.9. The summed E-state index contributed by atoms with van der Waals surface area (Å²) in [6.07, 6.45) is 0.0304. The fourth-order valence-electron chi connectivity index (χ4n) is 2.73. The summed E-state index contributed by atoms with van der Waals surface area (Å²) in [7, 11) is 0. The molecule has 29 heavy (non-hydrogen) atoms. The standard InChI is InChI=1S/C20H18ClN3O4S/c1-2-24-17(25)11-16(29-20(24)23-14-8-6-13(21)7-9-14)18(26)22-15-5-3-4-12(10-15)19(27)28/h3-10,16H,2,11H2,1H3,(H,22,26)(H,27,28). The van der Waals surface area contributed by atoms with E-state index in [0.29, 0.717) is 28.1 Å². The topological polar surface area (TPSA) is 99.1 Å². The van der Waals surface area contributed by atoms with Gasteiger partial charge in [-0.05, 0) is 49.4 Å². The van der Waals surface area contributed by atoms with Crippen molar-refractivity contribution in [2.24, 2.45) is 4.99 Å². The number of thioether (sulfide) groups is 1. The molecular formula is C20H18ClN3O4S. The normalized spacial score (nSPS) is 18.0. The number of carboxylic acids is 1. The molecule has 3 rings (SSSR count). The number of hydrogen-bond acceptors (Lipinski definition) is 5. The van der Waals surface area contributed by atoms with E-state index < -0.39 is 11.2 Å². The van der Waals surface area contributed by atoms with Crippen LogP contribution in [-0.4, -0.2) is 44.8 Å². The van der Waals surface area contributed by atoms with Crippen LogP contribution in [0.2, 0.25) is 5.02 Å². The first-order valence-electron chi connectivity index (χ1n) is 8.83. The Hall–Kier alpha value is -2.84. The van der Waals surface area contributed by atoms with Gasteiger partial charge < -0.3 is 10.4 Å². The SMILES string of the molecule is CCN1C(=O)CC(C(=O)Nc2cccc(C(=O)O)c2)SC1=Nc1ccc(Cl)cc1. The molecule has 0 bridgehead atoms. The number of nitrogens with one attached hydrogen (secondary N) is 1. The maximum atomic E-state index is 12.7. The largest absolute Gasteiger partial charge is 0.478 e. The second-order valence-corrected chi connectivity index (χ2v) is 7.80. The average Bonchev–Trinajstić information content (AvgIpc) is 2.69. The van der Waals surface area contributed by atoms with Gasteiger partial charge in [0.1, 0.15) is 5.25 Å². The number of anilines is 1. The number of amidine groups is 1. The quantitative estimate of drug-likeness (QED) is 0.744. The number of rotatable bonds is 5. The first-order valence-corrected chi connectivity index (χ1v) is 10.1. The van der Waals surface area contributed by atoms with Crippen LogP contribution in [0.1, 0.15) is 23.7 Å². The molecule has 0 aromatic heterocycles. The zero-order chi connectivity index (χ0) is 21.0. The van der Waals surface area contributed by atoms with Gasteiger partial charge in [-0.2, -0.15) is 0 Å². The lowest BCUT2D eigenvalue weighted by atomic mass is 10.2. The third-order valence-corrected chi connectivity index (χ3v) is 5.62. The highest BCUT2D eigenvalue weighted by molar-refractivity contribution is 8.15. The van der Waals surface area contributed by atoms with E-state index in [1.54, 1.807) is 36.4 Å². The molecule has 0 aliphatic carbocycles. The van der Waals surface area contributed by atoms with Gasteiger partial charge in [-0.1, -0.05) is 29.4 Å². The minimum atomic E-state index is -1.08. The first-order chi connectivity index (χ1) is 13.9. The molecule has 0 spiro atoms. The van der Waals surface area contributed by atoms with Crippen LogP contribution in [0.5, 0.6) is 0 Å². The molecule has 1 aliphatic rings. The van der Waals surface area contributed by atoms with Crippen molar-refractivity contribution in [1.82, 2.24) is 4.90 Å². The Labute approximate surface area is 176 Å². The predicted molar refractivity (Wildman–Crippen MR) is 114 cm³/mol. The smallest absolute Gasteiger partial charge is 0.335 e. The Bertz CT molecular complexity index is 978. The predicted octanol–water partition coefficient (Wildman–Crippen LogP) is 4.02. The van der Waals surface area contributed by atoms with Gasteiger partial charge in [-0.25, -0.2) is 9.79 Å². The summed E-state index contributed by atoms with van der Waals surface area (Å²) in [5.41, 5.74) is 1.05. The van der Waals surface area contributed by atoms with Crippen molar-refractivity contribution in [2.75, 3.05) is 11.9 Å². The van der Waals surface area contributed by atoms with Crippen molar-refractivity contribution in [1.29, 1.82) is 0 Å². The van der Waals surface area contributed by atoms with Crippen LogP contribution in [-0.2, 0) is 9.59 Å². The molecule has 2 aromatic carbocycles. The molecule has 1 unspecified atom stereocenters. The highest BCUT2D eigenvalue weighted by atomic mass is 35.5. The van der Waals surface area contributed by atoms with E-state index in [0.717, 1.165) is 0 Å². The monoisotopic (exact) mass is 431 g/mol. The zero-order valence-electron chi connectivity index (χ0n) is 15.5. The Morgan fingerprint density at radius 2 is 2.00 bits per heavy atom. The average molecular weight is 432 g/mol. The zero-order valence-corrected chi connectivity index (χ0v) is 17.0. The number of carbonyl (C=O) groups excluding carboxylic acids is 2. The van der Waals surface area contributed by atoms with Crippen molar-refractivity contribution in [2.45, 2.75) is 18.6 Å². The van der Waals surface area contributed by atoms with Crippen LogP contribution in [0.4, 0.5) is 11.4 Å². The van der Waals surface area contributed by atoms with Crippen molar-refractivity contribution in [3.8, 4) is 0 Å². The maximum absolute atomic E-state index is 12.7. The minimum absolute atomic E-state index is 0.0304. The van der Waals surface area contributed by atoms with Crippen LogP contribution < -0.4 is 5.32 Å². The van der Waals surface area contributed by atoms with Gasteiger partial charge in [0, 0.05) is 23.7 Å². The van der Waals surface area contributed by atoms with Gasteiger partial charge in [-0.3, -0.25) is 14.5 Å². The molecule has 1 aliphatic heterocycles.